The van der Waals surface area contributed by atoms with Crippen molar-refractivity contribution < 1.29 is 22.7 Å². The number of ether oxygens (including phenoxy) is 1. The molecular weight excluding hydrogens is 381 g/mol. The molecule has 2 heterocycles. The van der Waals surface area contributed by atoms with Gasteiger partial charge in [0.2, 0.25) is 5.91 Å². The Bertz CT molecular complexity index is 881. The molecule has 1 amide bonds. The highest BCUT2D eigenvalue weighted by Crippen LogP contribution is 2.30. The number of nitrogens with zero attached hydrogens (tertiary/aromatic N) is 2. The van der Waals surface area contributed by atoms with Crippen LogP contribution in [-0.4, -0.2) is 35.5 Å². The molecule has 1 unspecified atom stereocenters. The Labute approximate surface area is 168 Å². The van der Waals surface area contributed by atoms with Crippen LogP contribution in [0, 0.1) is 12.8 Å². The van der Waals surface area contributed by atoms with E-state index in [4.69, 9.17) is 4.74 Å². The number of pyridine rings is 1. The first-order valence-electron chi connectivity index (χ1n) is 9.67. The summed E-state index contributed by atoms with van der Waals surface area (Å²) in [5.74, 6) is -0.00849. The van der Waals surface area contributed by atoms with Crippen molar-refractivity contribution in [3.05, 3.63) is 64.5 Å². The van der Waals surface area contributed by atoms with Gasteiger partial charge in [-0.3, -0.25) is 9.78 Å². The van der Waals surface area contributed by atoms with Gasteiger partial charge in [-0.2, -0.15) is 13.2 Å². The lowest BCUT2D eigenvalue weighted by atomic mass is 10.0. The van der Waals surface area contributed by atoms with Crippen molar-refractivity contribution >= 4 is 5.91 Å². The standard InChI is InChI=1S/C22H25F3N2O2/c1-14(2)21(28)27-7-8-29-20(13-27)19-12-17(9-15(3)26-19)10-16-5-4-6-18(11-16)22(23,24)25/h4-6,9,11-12,14,20H,7-8,10,13H2,1-3H3. The van der Waals surface area contributed by atoms with Gasteiger partial charge in [0.25, 0.3) is 0 Å². The zero-order valence-electron chi connectivity index (χ0n) is 16.8. The van der Waals surface area contributed by atoms with E-state index in [2.05, 4.69) is 4.98 Å². The van der Waals surface area contributed by atoms with E-state index in [1.165, 1.54) is 12.1 Å². The molecule has 0 spiro atoms. The Hall–Kier alpha value is -2.41. The highest BCUT2D eigenvalue weighted by Gasteiger charge is 2.30. The Morgan fingerprint density at radius 2 is 2.00 bits per heavy atom. The summed E-state index contributed by atoms with van der Waals surface area (Å²) in [6.45, 7) is 6.99. The largest absolute Gasteiger partial charge is 0.416 e. The molecule has 0 N–H and O–H groups in total. The zero-order valence-corrected chi connectivity index (χ0v) is 16.8. The first kappa shape index (κ1) is 21.3. The second-order valence-corrected chi connectivity index (χ2v) is 7.71. The Kier molecular flexibility index (Phi) is 6.27. The minimum absolute atomic E-state index is 0.0788. The molecule has 1 aromatic heterocycles. The van der Waals surface area contributed by atoms with Crippen molar-refractivity contribution in [2.45, 2.75) is 39.5 Å². The molecule has 0 radical (unpaired) electrons. The molecule has 4 nitrogen and oxygen atoms in total. The van der Waals surface area contributed by atoms with Crippen LogP contribution in [0.1, 0.15) is 48.0 Å². The predicted octanol–water partition coefficient (Wildman–Crippen LogP) is 4.56. The van der Waals surface area contributed by atoms with Crippen molar-refractivity contribution in [3.63, 3.8) is 0 Å². The zero-order chi connectivity index (χ0) is 21.2. The van der Waals surface area contributed by atoms with Crippen molar-refractivity contribution in [2.75, 3.05) is 19.7 Å². The van der Waals surface area contributed by atoms with Gasteiger partial charge in [0.15, 0.2) is 0 Å². The third kappa shape index (κ3) is 5.35. The van der Waals surface area contributed by atoms with Crippen LogP contribution in [0.4, 0.5) is 13.2 Å². The molecule has 1 fully saturated rings. The number of carbonyl (C=O) groups is 1. The summed E-state index contributed by atoms with van der Waals surface area (Å²) < 4.78 is 44.8. The minimum Gasteiger partial charge on any atom is -0.368 e. The average Bonchev–Trinajstić information content (AvgIpc) is 2.66. The number of aromatic nitrogens is 1. The number of aryl methyl sites for hydroxylation is 1. The number of amides is 1. The molecule has 1 saturated heterocycles. The van der Waals surface area contributed by atoms with E-state index in [1.54, 1.807) is 11.0 Å². The quantitative estimate of drug-likeness (QED) is 0.748. The normalized spacial score (nSPS) is 17.6. The summed E-state index contributed by atoms with van der Waals surface area (Å²) >= 11 is 0. The molecule has 29 heavy (non-hydrogen) atoms. The number of morpholine rings is 1. The topological polar surface area (TPSA) is 42.4 Å². The summed E-state index contributed by atoms with van der Waals surface area (Å²) in [4.78, 5) is 18.7. The lowest BCUT2D eigenvalue weighted by Gasteiger charge is -2.34. The van der Waals surface area contributed by atoms with Crippen molar-refractivity contribution in [1.82, 2.24) is 9.88 Å². The summed E-state index contributed by atoms with van der Waals surface area (Å²) in [5.41, 5.74) is 2.26. The Morgan fingerprint density at radius 1 is 1.24 bits per heavy atom. The molecule has 2 aromatic rings. The number of alkyl halides is 3. The third-order valence-corrected chi connectivity index (χ3v) is 4.90. The van der Waals surface area contributed by atoms with E-state index < -0.39 is 11.7 Å². The maximum Gasteiger partial charge on any atom is 0.416 e. The molecule has 7 heteroatoms. The Balaban J connectivity index is 1.81. The predicted molar refractivity (Wildman–Crippen MR) is 103 cm³/mol. The summed E-state index contributed by atoms with van der Waals surface area (Å²) in [6.07, 6.45) is -4.34. The van der Waals surface area contributed by atoms with Crippen molar-refractivity contribution in [2.24, 2.45) is 5.92 Å². The molecular formula is C22H25F3N2O2. The molecule has 1 aliphatic heterocycles. The number of rotatable bonds is 4. The SMILES string of the molecule is Cc1cc(Cc2cccc(C(F)(F)F)c2)cc(C2CN(C(=O)C(C)C)CCO2)n1. The van der Waals surface area contributed by atoms with Crippen LogP contribution in [0.25, 0.3) is 0 Å². The van der Waals surface area contributed by atoms with Gasteiger partial charge in [-0.15, -0.1) is 0 Å². The van der Waals surface area contributed by atoms with Crippen LogP contribution in [0.2, 0.25) is 0 Å². The van der Waals surface area contributed by atoms with Crippen LogP contribution >= 0.6 is 0 Å². The number of carbonyl (C=O) groups excluding carboxylic acids is 1. The van der Waals surface area contributed by atoms with E-state index in [1.807, 2.05) is 32.9 Å². The van der Waals surface area contributed by atoms with Crippen LogP contribution < -0.4 is 0 Å². The molecule has 0 bridgehead atoms. The average molecular weight is 406 g/mol. The monoisotopic (exact) mass is 406 g/mol. The maximum atomic E-state index is 13.0. The van der Waals surface area contributed by atoms with Crippen LogP contribution in [-0.2, 0) is 22.1 Å². The van der Waals surface area contributed by atoms with Gasteiger partial charge in [0.05, 0.1) is 24.4 Å². The van der Waals surface area contributed by atoms with E-state index in [0.717, 1.165) is 17.3 Å². The van der Waals surface area contributed by atoms with Crippen LogP contribution in [0.3, 0.4) is 0 Å². The summed E-state index contributed by atoms with van der Waals surface area (Å²) in [6, 6.07) is 9.08. The lowest BCUT2D eigenvalue weighted by molar-refractivity contribution is -0.142. The first-order valence-corrected chi connectivity index (χ1v) is 9.67. The van der Waals surface area contributed by atoms with E-state index in [-0.39, 0.29) is 17.9 Å². The second-order valence-electron chi connectivity index (χ2n) is 7.71. The molecule has 3 rings (SSSR count). The third-order valence-electron chi connectivity index (χ3n) is 4.90. The fourth-order valence-electron chi connectivity index (χ4n) is 3.52. The lowest BCUT2D eigenvalue weighted by Crippen LogP contribution is -2.44. The number of halogens is 3. The minimum atomic E-state index is -4.36. The molecule has 1 aliphatic rings. The summed E-state index contributed by atoms with van der Waals surface area (Å²) in [7, 11) is 0. The molecule has 1 atom stereocenters. The summed E-state index contributed by atoms with van der Waals surface area (Å²) in [5, 5.41) is 0. The van der Waals surface area contributed by atoms with Crippen molar-refractivity contribution in [3.8, 4) is 0 Å². The fraction of sp³-hybridized carbons (Fsp3) is 0.455. The van der Waals surface area contributed by atoms with Crippen LogP contribution in [0.5, 0.6) is 0 Å². The molecule has 0 saturated carbocycles. The van der Waals surface area contributed by atoms with Gasteiger partial charge in [-0.1, -0.05) is 32.0 Å². The highest BCUT2D eigenvalue weighted by molar-refractivity contribution is 5.78. The fourth-order valence-corrected chi connectivity index (χ4v) is 3.52. The second kappa shape index (κ2) is 8.53. The van der Waals surface area contributed by atoms with Gasteiger partial charge in [0.1, 0.15) is 6.10 Å². The highest BCUT2D eigenvalue weighted by atomic mass is 19.4. The Morgan fingerprint density at radius 3 is 2.69 bits per heavy atom. The maximum absolute atomic E-state index is 13.0. The molecule has 0 aliphatic carbocycles. The molecule has 156 valence electrons. The first-order chi connectivity index (χ1) is 13.6. The van der Waals surface area contributed by atoms with Gasteiger partial charge >= 0.3 is 6.18 Å². The number of hydrogen-bond acceptors (Lipinski definition) is 3. The smallest absolute Gasteiger partial charge is 0.368 e. The van der Waals surface area contributed by atoms with Gasteiger partial charge in [-0.25, -0.2) is 0 Å². The number of hydrogen-bond donors (Lipinski definition) is 0. The number of benzene rings is 1. The van der Waals surface area contributed by atoms with Gasteiger partial charge in [0, 0.05) is 18.2 Å². The van der Waals surface area contributed by atoms with E-state index >= 15 is 0 Å². The van der Waals surface area contributed by atoms with Gasteiger partial charge in [-0.05, 0) is 42.7 Å². The van der Waals surface area contributed by atoms with E-state index in [0.29, 0.717) is 37.4 Å². The van der Waals surface area contributed by atoms with Gasteiger partial charge < -0.3 is 9.64 Å². The van der Waals surface area contributed by atoms with Crippen LogP contribution in [0.15, 0.2) is 36.4 Å². The van der Waals surface area contributed by atoms with Crippen molar-refractivity contribution in [1.29, 1.82) is 0 Å². The molecule has 1 aromatic carbocycles. The van der Waals surface area contributed by atoms with E-state index in [9.17, 15) is 18.0 Å².